The van der Waals surface area contributed by atoms with Gasteiger partial charge < -0.3 is 14.3 Å². The third-order valence-corrected chi connectivity index (χ3v) is 6.16. The molecule has 1 saturated heterocycles. The molecular formula is C27H27N7O4. The second kappa shape index (κ2) is 12.6. The Bertz CT molecular complexity index is 1280. The van der Waals surface area contributed by atoms with Crippen molar-refractivity contribution >= 4 is 29.1 Å². The SMILES string of the molecule is [C-]#[N+]/C(C#N)=N/Nc1ccc(C2=NN(COC(=O)c3ccc(CN4CCOCC4)cc3)C(=O)C[C@H]2C)cc1. The van der Waals surface area contributed by atoms with E-state index < -0.39 is 5.97 Å². The highest BCUT2D eigenvalue weighted by molar-refractivity contribution is 6.06. The molecule has 1 fully saturated rings. The van der Waals surface area contributed by atoms with Crippen molar-refractivity contribution in [2.75, 3.05) is 38.5 Å². The fourth-order valence-electron chi connectivity index (χ4n) is 4.07. The van der Waals surface area contributed by atoms with Crippen LogP contribution < -0.4 is 5.43 Å². The number of carbonyl (C=O) groups excluding carboxylic acids is 2. The second-order valence-electron chi connectivity index (χ2n) is 8.88. The van der Waals surface area contributed by atoms with E-state index in [0.717, 1.165) is 44.0 Å². The Balaban J connectivity index is 1.36. The van der Waals surface area contributed by atoms with Gasteiger partial charge in [-0.2, -0.15) is 10.1 Å². The zero-order chi connectivity index (χ0) is 26.9. The monoisotopic (exact) mass is 513 g/mol. The van der Waals surface area contributed by atoms with E-state index in [2.05, 4.69) is 25.4 Å². The molecule has 194 valence electrons. The summed E-state index contributed by atoms with van der Waals surface area (Å²) in [4.78, 5) is 30.5. The molecular weight excluding hydrogens is 486 g/mol. The maximum Gasteiger partial charge on any atom is 0.371 e. The fraction of sp³-hybridized carbons (Fsp3) is 0.333. The van der Waals surface area contributed by atoms with Crippen molar-refractivity contribution in [1.82, 2.24) is 9.91 Å². The number of hydrazone groups is 2. The summed E-state index contributed by atoms with van der Waals surface area (Å²) in [6.07, 6.45) is 0.230. The lowest BCUT2D eigenvalue weighted by atomic mass is 9.94. The molecule has 11 heteroatoms. The zero-order valence-corrected chi connectivity index (χ0v) is 21.0. The highest BCUT2D eigenvalue weighted by atomic mass is 16.5. The topological polar surface area (TPSA) is 124 Å². The standard InChI is InChI=1S/C27H27N7O4/c1-19-15-25(35)34(32-26(19)21-7-9-23(10-8-21)30-31-24(16-28)29-2)18-38-27(36)22-5-3-20(4-6-22)17-33-11-13-37-14-12-33/h3-10,19,30H,11-15,17-18H2,1H3/b31-24+/t19-/m1/s1. The van der Waals surface area contributed by atoms with Gasteiger partial charge in [0, 0.05) is 32.0 Å². The van der Waals surface area contributed by atoms with Gasteiger partial charge in [-0.05, 0) is 40.5 Å². The maximum absolute atomic E-state index is 12.6. The van der Waals surface area contributed by atoms with E-state index in [1.165, 1.54) is 5.01 Å². The number of benzene rings is 2. The number of anilines is 1. The highest BCUT2D eigenvalue weighted by Gasteiger charge is 2.28. The minimum absolute atomic E-state index is 0.127. The molecule has 2 heterocycles. The molecule has 4 rings (SSSR count). The summed E-state index contributed by atoms with van der Waals surface area (Å²) in [5.41, 5.74) is 6.22. The van der Waals surface area contributed by atoms with Crippen LogP contribution in [-0.4, -0.2) is 66.4 Å². The second-order valence-corrected chi connectivity index (χ2v) is 8.88. The van der Waals surface area contributed by atoms with E-state index in [4.69, 9.17) is 21.3 Å². The maximum atomic E-state index is 12.6. The molecule has 0 aromatic heterocycles. The molecule has 0 aliphatic carbocycles. The minimum Gasteiger partial charge on any atom is -0.439 e. The number of hydrogen-bond donors (Lipinski definition) is 1. The molecule has 1 amide bonds. The molecule has 0 spiro atoms. The van der Waals surface area contributed by atoms with E-state index in [1.807, 2.05) is 19.1 Å². The Morgan fingerprint density at radius 1 is 1.24 bits per heavy atom. The molecule has 38 heavy (non-hydrogen) atoms. The number of hydrogen-bond acceptors (Lipinski definition) is 9. The molecule has 0 unspecified atom stereocenters. The molecule has 2 aliphatic rings. The summed E-state index contributed by atoms with van der Waals surface area (Å²) in [6.45, 7) is 12.5. The first-order chi connectivity index (χ1) is 18.5. The van der Waals surface area contributed by atoms with Crippen molar-refractivity contribution in [3.8, 4) is 6.07 Å². The van der Waals surface area contributed by atoms with Crippen LogP contribution in [0.25, 0.3) is 4.85 Å². The summed E-state index contributed by atoms with van der Waals surface area (Å²) in [6, 6.07) is 16.0. The van der Waals surface area contributed by atoms with Crippen molar-refractivity contribution < 1.29 is 19.1 Å². The molecule has 11 nitrogen and oxygen atoms in total. The number of ether oxygens (including phenoxy) is 2. The molecule has 0 radical (unpaired) electrons. The van der Waals surface area contributed by atoms with E-state index in [1.54, 1.807) is 42.5 Å². The number of nitrogens with one attached hydrogen (secondary N) is 1. The number of morpholine rings is 1. The predicted octanol–water partition coefficient (Wildman–Crippen LogP) is 3.07. The van der Waals surface area contributed by atoms with Crippen LogP contribution in [0.3, 0.4) is 0 Å². The quantitative estimate of drug-likeness (QED) is 0.189. The highest BCUT2D eigenvalue weighted by Crippen LogP contribution is 2.22. The number of nitriles is 1. The van der Waals surface area contributed by atoms with Crippen molar-refractivity contribution in [2.24, 2.45) is 16.1 Å². The van der Waals surface area contributed by atoms with Crippen LogP contribution in [0.5, 0.6) is 0 Å². The van der Waals surface area contributed by atoms with Gasteiger partial charge in [-0.1, -0.05) is 37.8 Å². The lowest BCUT2D eigenvalue weighted by Gasteiger charge is -2.27. The Kier molecular flexibility index (Phi) is 8.77. The summed E-state index contributed by atoms with van der Waals surface area (Å²) < 4.78 is 10.8. The van der Waals surface area contributed by atoms with Gasteiger partial charge >= 0.3 is 11.8 Å². The lowest BCUT2D eigenvalue weighted by molar-refractivity contribution is -0.136. The van der Waals surface area contributed by atoms with Crippen LogP contribution in [-0.2, 0) is 20.8 Å². The van der Waals surface area contributed by atoms with Crippen LogP contribution in [0.15, 0.2) is 58.7 Å². The van der Waals surface area contributed by atoms with Gasteiger partial charge in [0.15, 0.2) is 6.73 Å². The summed E-state index contributed by atoms with van der Waals surface area (Å²) >= 11 is 0. The number of nitrogens with zero attached hydrogens (tertiary/aromatic N) is 6. The third-order valence-electron chi connectivity index (χ3n) is 6.16. The number of amidine groups is 1. The van der Waals surface area contributed by atoms with Gasteiger partial charge in [-0.25, -0.2) is 15.5 Å². The Hall–Kier alpha value is -4.58. The fourth-order valence-corrected chi connectivity index (χ4v) is 4.07. The van der Waals surface area contributed by atoms with Gasteiger partial charge in [0.05, 0.1) is 30.2 Å². The van der Waals surface area contributed by atoms with Gasteiger partial charge in [-0.15, -0.1) is 0 Å². The molecule has 2 aromatic rings. The third kappa shape index (κ3) is 6.79. The van der Waals surface area contributed by atoms with E-state index in [-0.39, 0.29) is 30.8 Å². The van der Waals surface area contributed by atoms with Gasteiger partial charge in [0.25, 0.3) is 0 Å². The first-order valence-electron chi connectivity index (χ1n) is 12.1. The Morgan fingerprint density at radius 3 is 2.61 bits per heavy atom. The van der Waals surface area contributed by atoms with E-state index in [0.29, 0.717) is 17.0 Å². The van der Waals surface area contributed by atoms with Gasteiger partial charge in [-0.3, -0.25) is 9.69 Å². The molecule has 2 aromatic carbocycles. The van der Waals surface area contributed by atoms with Gasteiger partial charge in [0.2, 0.25) is 5.91 Å². The van der Waals surface area contributed by atoms with Crippen molar-refractivity contribution in [1.29, 1.82) is 5.26 Å². The number of carbonyl (C=O) groups is 2. The lowest BCUT2D eigenvalue weighted by Crippen LogP contribution is -2.38. The average Bonchev–Trinajstić information content (AvgIpc) is 2.94. The largest absolute Gasteiger partial charge is 0.439 e. The average molecular weight is 514 g/mol. The van der Waals surface area contributed by atoms with Gasteiger partial charge in [0.1, 0.15) is 6.07 Å². The van der Waals surface area contributed by atoms with E-state index in [9.17, 15) is 9.59 Å². The minimum atomic E-state index is -0.529. The molecule has 1 N–H and O–H groups in total. The molecule has 2 aliphatic heterocycles. The van der Waals surface area contributed by atoms with Crippen molar-refractivity contribution in [3.05, 3.63) is 76.6 Å². The van der Waals surface area contributed by atoms with Crippen LogP contribution >= 0.6 is 0 Å². The Morgan fingerprint density at radius 2 is 1.95 bits per heavy atom. The van der Waals surface area contributed by atoms with Crippen LogP contribution in [0.1, 0.15) is 34.8 Å². The predicted molar refractivity (Wildman–Crippen MR) is 140 cm³/mol. The molecule has 0 saturated carbocycles. The molecule has 0 bridgehead atoms. The summed E-state index contributed by atoms with van der Waals surface area (Å²) in [5.74, 6) is -1.19. The normalized spacial score (nSPS) is 18.2. The first-order valence-corrected chi connectivity index (χ1v) is 12.1. The summed E-state index contributed by atoms with van der Waals surface area (Å²) in [5, 5.41) is 18.1. The smallest absolute Gasteiger partial charge is 0.371 e. The number of amides is 1. The Labute approximate surface area is 220 Å². The summed E-state index contributed by atoms with van der Waals surface area (Å²) in [7, 11) is 0. The van der Waals surface area contributed by atoms with Crippen LogP contribution in [0, 0.1) is 23.8 Å². The van der Waals surface area contributed by atoms with Crippen molar-refractivity contribution in [3.63, 3.8) is 0 Å². The first kappa shape index (κ1) is 26.5. The number of esters is 1. The van der Waals surface area contributed by atoms with E-state index >= 15 is 0 Å². The zero-order valence-electron chi connectivity index (χ0n) is 21.0. The van der Waals surface area contributed by atoms with Crippen molar-refractivity contribution in [2.45, 2.75) is 19.9 Å². The molecule has 1 atom stereocenters. The number of rotatable bonds is 8. The van der Waals surface area contributed by atoms with Crippen LogP contribution in [0.2, 0.25) is 0 Å². The van der Waals surface area contributed by atoms with Crippen LogP contribution in [0.4, 0.5) is 5.69 Å².